The Balaban J connectivity index is 1.70. The fraction of sp³-hybridized carbons (Fsp3) is 0.533. The van der Waals surface area contributed by atoms with Gasteiger partial charge in [-0.05, 0) is 25.3 Å². The van der Waals surface area contributed by atoms with Crippen molar-refractivity contribution in [2.24, 2.45) is 5.41 Å². The molecule has 1 aromatic rings. The second kappa shape index (κ2) is 4.52. The van der Waals surface area contributed by atoms with Gasteiger partial charge in [-0.2, -0.15) is 9.57 Å². The van der Waals surface area contributed by atoms with Gasteiger partial charge in [0, 0.05) is 0 Å². The van der Waals surface area contributed by atoms with Crippen LogP contribution >= 0.6 is 0 Å². The minimum Gasteiger partial charge on any atom is -0.236 e. The van der Waals surface area contributed by atoms with E-state index in [1.165, 1.54) is 0 Å². The number of nitriles is 1. The molecule has 21 heavy (non-hydrogen) atoms. The van der Waals surface area contributed by atoms with Crippen molar-refractivity contribution in [1.29, 1.82) is 5.26 Å². The van der Waals surface area contributed by atoms with Crippen LogP contribution in [0, 0.1) is 23.7 Å². The molecule has 0 aromatic heterocycles. The van der Waals surface area contributed by atoms with Gasteiger partial charge in [-0.1, -0.05) is 29.8 Å². The summed E-state index contributed by atoms with van der Waals surface area (Å²) >= 11 is 0. The number of alkyl halides is 1. The smallest absolute Gasteiger partial charge is 0.215 e. The first-order valence-electron chi connectivity index (χ1n) is 6.94. The van der Waals surface area contributed by atoms with E-state index in [-0.39, 0.29) is 18.8 Å². The van der Waals surface area contributed by atoms with Crippen LogP contribution in [0.15, 0.2) is 24.3 Å². The molecule has 1 aromatic carbocycles. The maximum Gasteiger partial charge on any atom is 0.215 e. The summed E-state index contributed by atoms with van der Waals surface area (Å²) in [5.74, 6) is -0.180. The fourth-order valence-electron chi connectivity index (χ4n) is 2.62. The summed E-state index contributed by atoms with van der Waals surface area (Å²) in [6.45, 7) is 1.61. The van der Waals surface area contributed by atoms with E-state index in [1.54, 1.807) is 12.1 Å². The largest absolute Gasteiger partial charge is 0.236 e. The summed E-state index contributed by atoms with van der Waals surface area (Å²) in [5, 5.41) is 8.99. The molecule has 1 saturated heterocycles. The van der Waals surface area contributed by atoms with Crippen LogP contribution in [0.4, 0.5) is 4.39 Å². The lowest BCUT2D eigenvalue weighted by atomic mass is 9.90. The third-order valence-corrected chi connectivity index (χ3v) is 6.33. The van der Waals surface area contributed by atoms with E-state index >= 15 is 0 Å². The zero-order valence-electron chi connectivity index (χ0n) is 11.8. The monoisotopic (exact) mass is 308 g/mol. The summed E-state index contributed by atoms with van der Waals surface area (Å²) in [7, 11) is -3.55. The SMILES string of the molecule is Cc1ccc(C2(F)CN(S(=O)(=O)CC3(C#N)CC3)C2)cc1. The van der Waals surface area contributed by atoms with Crippen LogP contribution in [-0.2, 0) is 15.7 Å². The average Bonchev–Trinajstić information content (AvgIpc) is 3.15. The third kappa shape index (κ3) is 2.56. The Morgan fingerprint density at radius 1 is 1.29 bits per heavy atom. The Kier molecular flexibility index (Phi) is 3.12. The third-order valence-electron chi connectivity index (χ3n) is 4.37. The van der Waals surface area contributed by atoms with Gasteiger partial charge in [0.05, 0.1) is 30.3 Å². The van der Waals surface area contributed by atoms with Gasteiger partial charge in [0.15, 0.2) is 5.67 Å². The fourth-order valence-corrected chi connectivity index (χ4v) is 4.66. The number of nitrogens with zero attached hydrogens (tertiary/aromatic N) is 2. The number of rotatable bonds is 4. The van der Waals surface area contributed by atoms with Gasteiger partial charge in [-0.25, -0.2) is 12.8 Å². The molecule has 0 bridgehead atoms. The molecule has 0 spiro atoms. The Morgan fingerprint density at radius 2 is 1.86 bits per heavy atom. The van der Waals surface area contributed by atoms with Crippen LogP contribution in [0.5, 0.6) is 0 Å². The van der Waals surface area contributed by atoms with Gasteiger partial charge in [0.1, 0.15) is 0 Å². The average molecular weight is 308 g/mol. The zero-order chi connectivity index (χ0) is 15.3. The highest BCUT2D eigenvalue weighted by Gasteiger charge is 2.54. The van der Waals surface area contributed by atoms with Gasteiger partial charge >= 0.3 is 0 Å². The molecule has 112 valence electrons. The maximum atomic E-state index is 14.7. The molecule has 0 N–H and O–H groups in total. The molecule has 2 fully saturated rings. The van der Waals surface area contributed by atoms with E-state index in [2.05, 4.69) is 6.07 Å². The number of hydrogen-bond acceptors (Lipinski definition) is 3. The van der Waals surface area contributed by atoms with Crippen molar-refractivity contribution in [2.75, 3.05) is 18.8 Å². The van der Waals surface area contributed by atoms with E-state index < -0.39 is 21.1 Å². The quantitative estimate of drug-likeness (QED) is 0.856. The van der Waals surface area contributed by atoms with Crippen LogP contribution in [0.2, 0.25) is 0 Å². The highest BCUT2D eigenvalue weighted by atomic mass is 32.2. The standard InChI is InChI=1S/C15H17FN2O2S/c1-12-2-4-13(5-3-12)15(16)9-18(10-15)21(19,20)11-14(8-17)6-7-14/h2-5H,6-7,9-11H2,1H3. The molecule has 6 heteroatoms. The molecule has 1 saturated carbocycles. The number of benzene rings is 1. The Morgan fingerprint density at radius 3 is 2.33 bits per heavy atom. The van der Waals surface area contributed by atoms with Crippen molar-refractivity contribution < 1.29 is 12.8 Å². The lowest BCUT2D eigenvalue weighted by molar-refractivity contribution is 0.0178. The van der Waals surface area contributed by atoms with Crippen molar-refractivity contribution in [2.45, 2.75) is 25.4 Å². The highest BCUT2D eigenvalue weighted by molar-refractivity contribution is 7.89. The predicted molar refractivity (Wildman–Crippen MR) is 76.6 cm³/mol. The number of hydrogen-bond donors (Lipinski definition) is 0. The Hall–Kier alpha value is -1.45. The molecular weight excluding hydrogens is 291 g/mol. The van der Waals surface area contributed by atoms with E-state index in [4.69, 9.17) is 5.26 Å². The first kappa shape index (κ1) is 14.5. The molecule has 1 aliphatic carbocycles. The zero-order valence-corrected chi connectivity index (χ0v) is 12.7. The highest BCUT2D eigenvalue weighted by Crippen LogP contribution is 2.47. The molecule has 0 amide bonds. The Bertz CT molecular complexity index is 696. The Labute approximate surface area is 124 Å². The van der Waals surface area contributed by atoms with Crippen molar-refractivity contribution >= 4 is 10.0 Å². The van der Waals surface area contributed by atoms with Gasteiger partial charge in [-0.3, -0.25) is 0 Å². The van der Waals surface area contributed by atoms with E-state index in [9.17, 15) is 12.8 Å². The van der Waals surface area contributed by atoms with Crippen LogP contribution in [0.1, 0.15) is 24.0 Å². The molecule has 0 radical (unpaired) electrons. The van der Waals surface area contributed by atoms with Gasteiger partial charge < -0.3 is 0 Å². The van der Waals surface area contributed by atoms with Gasteiger partial charge in [0.25, 0.3) is 0 Å². The van der Waals surface area contributed by atoms with Crippen molar-refractivity contribution in [3.8, 4) is 6.07 Å². The predicted octanol–water partition coefficient (Wildman–Crippen LogP) is 2.11. The van der Waals surface area contributed by atoms with Gasteiger partial charge in [-0.15, -0.1) is 0 Å². The number of halogens is 1. The van der Waals surface area contributed by atoms with E-state index in [0.717, 1.165) is 9.87 Å². The summed E-state index contributed by atoms with van der Waals surface area (Å²) in [6.07, 6.45) is 1.24. The molecule has 4 nitrogen and oxygen atoms in total. The normalized spacial score (nSPS) is 23.1. The lowest BCUT2D eigenvalue weighted by Crippen LogP contribution is -2.59. The van der Waals surface area contributed by atoms with Crippen LogP contribution in [0.3, 0.4) is 0 Å². The first-order chi connectivity index (χ1) is 9.79. The first-order valence-corrected chi connectivity index (χ1v) is 8.55. The minimum absolute atomic E-state index is 0.153. The van der Waals surface area contributed by atoms with Crippen LogP contribution in [-0.4, -0.2) is 31.6 Å². The maximum absolute atomic E-state index is 14.7. The van der Waals surface area contributed by atoms with Crippen molar-refractivity contribution in [1.82, 2.24) is 4.31 Å². The lowest BCUT2D eigenvalue weighted by Gasteiger charge is -2.43. The van der Waals surface area contributed by atoms with Crippen molar-refractivity contribution in [3.63, 3.8) is 0 Å². The molecule has 1 heterocycles. The second-order valence-corrected chi connectivity index (χ2v) is 8.22. The minimum atomic E-state index is -3.55. The van der Waals surface area contributed by atoms with E-state index in [0.29, 0.717) is 18.4 Å². The second-order valence-electron chi connectivity index (χ2n) is 6.25. The summed E-state index contributed by atoms with van der Waals surface area (Å²) < 4.78 is 40.3. The van der Waals surface area contributed by atoms with Gasteiger partial charge in [0.2, 0.25) is 10.0 Å². The van der Waals surface area contributed by atoms with Crippen LogP contribution < -0.4 is 0 Å². The molecule has 0 atom stereocenters. The summed E-state index contributed by atoms with van der Waals surface area (Å²) in [6, 6.07) is 9.13. The molecule has 0 unspecified atom stereocenters. The van der Waals surface area contributed by atoms with Crippen molar-refractivity contribution in [3.05, 3.63) is 35.4 Å². The van der Waals surface area contributed by atoms with E-state index in [1.807, 2.05) is 19.1 Å². The number of aryl methyl sites for hydroxylation is 1. The molecule has 2 aliphatic rings. The topological polar surface area (TPSA) is 61.2 Å². The summed E-state index contributed by atoms with van der Waals surface area (Å²) in [5.41, 5.74) is -0.779. The number of sulfonamides is 1. The molecule has 1 aliphatic heterocycles. The summed E-state index contributed by atoms with van der Waals surface area (Å²) in [4.78, 5) is 0. The van der Waals surface area contributed by atoms with Crippen LogP contribution in [0.25, 0.3) is 0 Å². The molecule has 3 rings (SSSR count). The molecular formula is C15H17FN2O2S.